The number of fused-ring (bicyclic) bond motifs is 1. The summed E-state index contributed by atoms with van der Waals surface area (Å²) in [6.45, 7) is 1.31. The van der Waals surface area contributed by atoms with Crippen LogP contribution in [0.15, 0.2) is 47.4 Å². The lowest BCUT2D eigenvalue weighted by Gasteiger charge is -2.32. The second kappa shape index (κ2) is 11.1. The standard InChI is InChI=1S/C26H26F4N6O4S/c1-15-22-24(34-33-15)31-23(32-25(22)40-18-9-11-36(12-10-18)14-26(28,29)30)16-3-5-17(6-4-16)35-41(37,38)21-13-19(39-2)7-8-20(21)27/h3-8,13,18,35H,9-12,14H2,1-2H3,(H,31,32,33,34). The first-order valence-corrected chi connectivity index (χ1v) is 14.1. The predicted octanol–water partition coefficient (Wildman–Crippen LogP) is 4.68. The van der Waals surface area contributed by atoms with Gasteiger partial charge in [-0.05, 0) is 56.2 Å². The van der Waals surface area contributed by atoms with E-state index < -0.39 is 33.5 Å². The van der Waals surface area contributed by atoms with Gasteiger partial charge in [-0.3, -0.25) is 14.7 Å². The van der Waals surface area contributed by atoms with Crippen LogP contribution in [0.5, 0.6) is 11.6 Å². The van der Waals surface area contributed by atoms with E-state index in [1.807, 2.05) is 0 Å². The Labute approximate surface area is 232 Å². The van der Waals surface area contributed by atoms with Crippen LogP contribution in [-0.4, -0.2) is 72.5 Å². The lowest BCUT2D eigenvalue weighted by atomic mass is 10.1. The fourth-order valence-electron chi connectivity index (χ4n) is 4.56. The Kier molecular flexibility index (Phi) is 7.74. The molecule has 2 N–H and O–H groups in total. The van der Waals surface area contributed by atoms with Crippen LogP contribution in [0.3, 0.4) is 0 Å². The summed E-state index contributed by atoms with van der Waals surface area (Å²) in [6.07, 6.45) is -3.79. The van der Waals surface area contributed by atoms with E-state index in [0.29, 0.717) is 35.1 Å². The SMILES string of the molecule is COc1ccc(F)c(S(=O)(=O)Nc2ccc(-c3nc(OC4CCN(CC(F)(F)F)CC4)c4c(C)[nH]nc4n3)cc2)c1. The lowest BCUT2D eigenvalue weighted by Crippen LogP contribution is -2.42. The lowest BCUT2D eigenvalue weighted by molar-refractivity contribution is -0.149. The number of aryl methyl sites for hydroxylation is 1. The van der Waals surface area contributed by atoms with Crippen molar-refractivity contribution in [2.24, 2.45) is 0 Å². The molecule has 4 aromatic rings. The number of hydrogen-bond donors (Lipinski definition) is 2. The number of methoxy groups -OCH3 is 1. The summed E-state index contributed by atoms with van der Waals surface area (Å²) in [5, 5.41) is 7.62. The van der Waals surface area contributed by atoms with Crippen LogP contribution in [0, 0.1) is 12.7 Å². The molecule has 0 bridgehead atoms. The van der Waals surface area contributed by atoms with Crippen LogP contribution >= 0.6 is 0 Å². The number of sulfonamides is 1. The minimum absolute atomic E-state index is 0.176. The Balaban J connectivity index is 1.35. The van der Waals surface area contributed by atoms with E-state index in [9.17, 15) is 26.0 Å². The zero-order valence-corrected chi connectivity index (χ0v) is 22.8. The number of ether oxygens (including phenoxy) is 2. The summed E-state index contributed by atoms with van der Waals surface area (Å²) in [5.74, 6) is -0.233. The molecule has 0 amide bonds. The summed E-state index contributed by atoms with van der Waals surface area (Å²) in [6, 6.07) is 9.53. The number of likely N-dealkylation sites (tertiary alicyclic amines) is 1. The third kappa shape index (κ3) is 6.51. The highest BCUT2D eigenvalue weighted by atomic mass is 32.2. The number of aromatic nitrogens is 4. The van der Waals surface area contributed by atoms with Gasteiger partial charge in [-0.2, -0.15) is 23.3 Å². The van der Waals surface area contributed by atoms with Crippen LogP contribution < -0.4 is 14.2 Å². The molecule has 0 spiro atoms. The highest BCUT2D eigenvalue weighted by Crippen LogP contribution is 2.31. The average molecular weight is 595 g/mol. The van der Waals surface area contributed by atoms with Crippen molar-refractivity contribution in [3.8, 4) is 23.0 Å². The summed E-state index contributed by atoms with van der Waals surface area (Å²) < 4.78 is 91.6. The third-order valence-electron chi connectivity index (χ3n) is 6.60. The van der Waals surface area contributed by atoms with E-state index in [2.05, 4.69) is 24.9 Å². The number of benzene rings is 2. The quantitative estimate of drug-likeness (QED) is 0.282. The van der Waals surface area contributed by atoms with Gasteiger partial charge in [-0.25, -0.2) is 17.8 Å². The Hall–Kier alpha value is -3.98. The molecule has 1 saturated heterocycles. The number of anilines is 1. The molecule has 41 heavy (non-hydrogen) atoms. The zero-order valence-electron chi connectivity index (χ0n) is 22.0. The number of aromatic amines is 1. The van der Waals surface area contributed by atoms with Gasteiger partial charge in [-0.15, -0.1) is 0 Å². The molecule has 218 valence electrons. The van der Waals surface area contributed by atoms with Gasteiger partial charge in [0.25, 0.3) is 10.0 Å². The monoisotopic (exact) mass is 594 g/mol. The minimum atomic E-state index is -4.25. The summed E-state index contributed by atoms with van der Waals surface area (Å²) in [5.41, 5.74) is 1.71. The van der Waals surface area contributed by atoms with Crippen molar-refractivity contribution in [1.82, 2.24) is 25.1 Å². The second-order valence-corrected chi connectivity index (χ2v) is 11.2. The fraction of sp³-hybridized carbons (Fsp3) is 0.346. The van der Waals surface area contributed by atoms with Gasteiger partial charge in [0.15, 0.2) is 11.5 Å². The zero-order chi connectivity index (χ0) is 29.4. The number of alkyl halides is 3. The van der Waals surface area contributed by atoms with E-state index in [1.54, 1.807) is 19.1 Å². The van der Waals surface area contributed by atoms with Gasteiger partial charge in [-0.1, -0.05) is 0 Å². The molecule has 0 unspecified atom stereocenters. The molecule has 1 aliphatic heterocycles. The number of hydrogen-bond acceptors (Lipinski definition) is 8. The van der Waals surface area contributed by atoms with Crippen LogP contribution in [0.4, 0.5) is 23.2 Å². The third-order valence-corrected chi connectivity index (χ3v) is 8.00. The number of H-pyrrole nitrogens is 1. The average Bonchev–Trinajstić information content (AvgIpc) is 3.30. The molecule has 2 aromatic carbocycles. The maximum atomic E-state index is 14.3. The van der Waals surface area contributed by atoms with Crippen LogP contribution in [0.1, 0.15) is 18.5 Å². The number of rotatable bonds is 8. The van der Waals surface area contributed by atoms with Crippen molar-refractivity contribution in [2.75, 3.05) is 31.5 Å². The Morgan fingerprint density at radius 2 is 1.80 bits per heavy atom. The number of nitrogens with zero attached hydrogens (tertiary/aromatic N) is 4. The Bertz CT molecular complexity index is 1650. The van der Waals surface area contributed by atoms with E-state index in [4.69, 9.17) is 9.47 Å². The molecule has 10 nitrogen and oxygen atoms in total. The molecule has 1 aliphatic rings. The second-order valence-electron chi connectivity index (χ2n) is 9.59. The van der Waals surface area contributed by atoms with Crippen molar-refractivity contribution < 1.29 is 35.5 Å². The fourth-order valence-corrected chi connectivity index (χ4v) is 5.71. The van der Waals surface area contributed by atoms with Crippen molar-refractivity contribution in [2.45, 2.75) is 36.9 Å². The van der Waals surface area contributed by atoms with Crippen LogP contribution in [0.2, 0.25) is 0 Å². The highest BCUT2D eigenvalue weighted by molar-refractivity contribution is 7.92. The van der Waals surface area contributed by atoms with Crippen LogP contribution in [0.25, 0.3) is 22.4 Å². The minimum Gasteiger partial charge on any atom is -0.497 e. The van der Waals surface area contributed by atoms with E-state index in [-0.39, 0.29) is 42.3 Å². The molecule has 15 heteroatoms. The first-order chi connectivity index (χ1) is 19.4. The van der Waals surface area contributed by atoms with E-state index in [0.717, 1.165) is 12.1 Å². The highest BCUT2D eigenvalue weighted by Gasteiger charge is 2.33. The van der Waals surface area contributed by atoms with Crippen LogP contribution in [-0.2, 0) is 10.0 Å². The van der Waals surface area contributed by atoms with E-state index in [1.165, 1.54) is 30.2 Å². The maximum Gasteiger partial charge on any atom is 0.401 e. The predicted molar refractivity (Wildman–Crippen MR) is 142 cm³/mol. The van der Waals surface area contributed by atoms with Gasteiger partial charge in [0.1, 0.15) is 28.0 Å². The molecule has 0 aliphatic carbocycles. The number of piperidine rings is 1. The first kappa shape index (κ1) is 28.5. The summed E-state index contributed by atoms with van der Waals surface area (Å²) in [7, 11) is -2.91. The Morgan fingerprint density at radius 1 is 1.10 bits per heavy atom. The molecule has 0 saturated carbocycles. The molecular formula is C26H26F4N6O4S. The summed E-state index contributed by atoms with van der Waals surface area (Å²) in [4.78, 5) is 9.85. The molecule has 0 atom stereocenters. The topological polar surface area (TPSA) is 122 Å². The Morgan fingerprint density at radius 3 is 2.46 bits per heavy atom. The maximum absolute atomic E-state index is 14.3. The van der Waals surface area contributed by atoms with Crippen molar-refractivity contribution in [3.05, 3.63) is 54.0 Å². The van der Waals surface area contributed by atoms with Crippen molar-refractivity contribution >= 4 is 26.7 Å². The molecular weight excluding hydrogens is 568 g/mol. The van der Waals surface area contributed by atoms with Gasteiger partial charge >= 0.3 is 6.18 Å². The number of halogens is 4. The van der Waals surface area contributed by atoms with Gasteiger partial charge in [0.2, 0.25) is 5.88 Å². The molecule has 2 aromatic heterocycles. The molecule has 3 heterocycles. The van der Waals surface area contributed by atoms with Gasteiger partial charge in [0, 0.05) is 36.1 Å². The first-order valence-electron chi connectivity index (χ1n) is 12.6. The smallest absolute Gasteiger partial charge is 0.401 e. The van der Waals surface area contributed by atoms with Crippen molar-refractivity contribution in [3.63, 3.8) is 0 Å². The summed E-state index contributed by atoms with van der Waals surface area (Å²) >= 11 is 0. The largest absolute Gasteiger partial charge is 0.497 e. The van der Waals surface area contributed by atoms with Gasteiger partial charge in [0.05, 0.1) is 13.7 Å². The molecule has 0 radical (unpaired) electrons. The van der Waals surface area contributed by atoms with Crippen molar-refractivity contribution in [1.29, 1.82) is 0 Å². The molecule has 1 fully saturated rings. The van der Waals surface area contributed by atoms with E-state index >= 15 is 0 Å². The number of nitrogens with one attached hydrogen (secondary N) is 2. The van der Waals surface area contributed by atoms with Gasteiger partial charge < -0.3 is 9.47 Å². The normalized spacial score (nSPS) is 15.3. The molecule has 5 rings (SSSR count).